The van der Waals surface area contributed by atoms with Gasteiger partial charge < -0.3 is 5.32 Å². The summed E-state index contributed by atoms with van der Waals surface area (Å²) in [4.78, 5) is 22.1. The van der Waals surface area contributed by atoms with Crippen LogP contribution in [-0.2, 0) is 10.0 Å². The Morgan fingerprint density at radius 2 is 1.59 bits per heavy atom. The van der Waals surface area contributed by atoms with Gasteiger partial charge in [-0.25, -0.2) is 13.4 Å². The number of nitrogens with one attached hydrogen (secondary N) is 2. The van der Waals surface area contributed by atoms with Gasteiger partial charge >= 0.3 is 0 Å². The highest BCUT2D eigenvalue weighted by atomic mass is 32.2. The summed E-state index contributed by atoms with van der Waals surface area (Å²) in [6.07, 6.45) is 2.99. The summed E-state index contributed by atoms with van der Waals surface area (Å²) in [6, 6.07) is 24.7. The van der Waals surface area contributed by atoms with Crippen molar-refractivity contribution < 1.29 is 13.2 Å². The number of nitrogens with zero attached hydrogens (tertiary/aromatic N) is 2. The van der Waals surface area contributed by atoms with E-state index in [-0.39, 0.29) is 10.8 Å². The van der Waals surface area contributed by atoms with Crippen LogP contribution in [0, 0.1) is 13.8 Å². The lowest BCUT2D eigenvalue weighted by Gasteiger charge is -2.12. The number of amides is 1. The van der Waals surface area contributed by atoms with Crippen LogP contribution in [0.25, 0.3) is 22.2 Å². The van der Waals surface area contributed by atoms with E-state index >= 15 is 0 Å². The molecule has 0 aliphatic rings. The number of benzene rings is 3. The normalized spacial score (nSPS) is 11.3. The fourth-order valence-corrected chi connectivity index (χ4v) is 5.01. The minimum atomic E-state index is -3.79. The molecule has 0 unspecified atom stereocenters. The summed E-state index contributed by atoms with van der Waals surface area (Å²) < 4.78 is 27.9. The molecule has 2 heterocycles. The SMILES string of the molecule is Cc1ccc(-c2cc(C(=O)Nc3ccc(S(=O)(=O)Nc4cccnc4)cc3)c3ccccc3n2)cc1C. The molecule has 2 N–H and O–H groups in total. The number of para-hydroxylation sites is 1. The average molecular weight is 509 g/mol. The molecule has 0 bridgehead atoms. The number of pyridine rings is 2. The molecule has 0 aliphatic carbocycles. The number of hydrogen-bond acceptors (Lipinski definition) is 5. The second-order valence-electron chi connectivity index (χ2n) is 8.70. The summed E-state index contributed by atoms with van der Waals surface area (Å²) >= 11 is 0. The Morgan fingerprint density at radius 1 is 0.811 bits per heavy atom. The molecule has 184 valence electrons. The van der Waals surface area contributed by atoms with E-state index in [9.17, 15) is 13.2 Å². The van der Waals surface area contributed by atoms with Crippen molar-refractivity contribution in [3.63, 3.8) is 0 Å². The third-order valence-corrected chi connectivity index (χ3v) is 7.50. The molecule has 2 aromatic heterocycles. The lowest BCUT2D eigenvalue weighted by molar-refractivity contribution is 0.102. The van der Waals surface area contributed by atoms with E-state index in [2.05, 4.69) is 28.0 Å². The van der Waals surface area contributed by atoms with E-state index in [4.69, 9.17) is 4.98 Å². The van der Waals surface area contributed by atoms with Crippen molar-refractivity contribution in [1.29, 1.82) is 0 Å². The van der Waals surface area contributed by atoms with Crippen LogP contribution in [0.3, 0.4) is 0 Å². The highest BCUT2D eigenvalue weighted by Gasteiger charge is 2.17. The van der Waals surface area contributed by atoms with Crippen LogP contribution >= 0.6 is 0 Å². The number of anilines is 2. The van der Waals surface area contributed by atoms with Crippen molar-refractivity contribution in [3.05, 3.63) is 114 Å². The number of hydrogen-bond donors (Lipinski definition) is 2. The van der Waals surface area contributed by atoms with Crippen molar-refractivity contribution in [2.24, 2.45) is 0 Å². The van der Waals surface area contributed by atoms with E-state index in [0.717, 1.165) is 16.5 Å². The van der Waals surface area contributed by atoms with Crippen LogP contribution in [0.4, 0.5) is 11.4 Å². The zero-order valence-electron chi connectivity index (χ0n) is 20.3. The third-order valence-electron chi connectivity index (χ3n) is 6.10. The number of aromatic nitrogens is 2. The molecule has 7 nitrogen and oxygen atoms in total. The monoisotopic (exact) mass is 508 g/mol. The molecule has 0 aliphatic heterocycles. The van der Waals surface area contributed by atoms with Crippen LogP contribution < -0.4 is 10.0 Å². The van der Waals surface area contributed by atoms with Crippen LogP contribution in [0.2, 0.25) is 0 Å². The summed E-state index contributed by atoms with van der Waals surface area (Å²) in [6.45, 7) is 4.10. The van der Waals surface area contributed by atoms with Gasteiger partial charge in [0.05, 0.1) is 33.6 Å². The first-order valence-corrected chi connectivity index (χ1v) is 13.1. The number of rotatable bonds is 6. The topological polar surface area (TPSA) is 101 Å². The maximum absolute atomic E-state index is 13.4. The van der Waals surface area contributed by atoms with Crippen LogP contribution in [0.5, 0.6) is 0 Å². The first kappa shape index (κ1) is 24.1. The lowest BCUT2D eigenvalue weighted by atomic mass is 10.0. The fourth-order valence-electron chi connectivity index (χ4n) is 3.96. The Labute approximate surface area is 215 Å². The molecule has 0 saturated heterocycles. The Kier molecular flexibility index (Phi) is 6.42. The van der Waals surface area contributed by atoms with Gasteiger partial charge in [-0.2, -0.15) is 0 Å². The Balaban J connectivity index is 1.43. The van der Waals surface area contributed by atoms with Gasteiger partial charge in [-0.05, 0) is 79.6 Å². The van der Waals surface area contributed by atoms with Crippen LogP contribution in [0.15, 0.2) is 102 Å². The summed E-state index contributed by atoms with van der Waals surface area (Å²) in [7, 11) is -3.79. The molecular formula is C29H24N4O3S. The number of aryl methyl sites for hydroxylation is 2. The fraction of sp³-hybridized carbons (Fsp3) is 0.0690. The van der Waals surface area contributed by atoms with Gasteiger partial charge in [-0.15, -0.1) is 0 Å². The van der Waals surface area contributed by atoms with Gasteiger partial charge in [0.25, 0.3) is 15.9 Å². The van der Waals surface area contributed by atoms with Crippen LogP contribution in [-0.4, -0.2) is 24.3 Å². The van der Waals surface area contributed by atoms with E-state index < -0.39 is 10.0 Å². The van der Waals surface area contributed by atoms with Gasteiger partial charge in [-0.1, -0.05) is 30.3 Å². The molecule has 3 aromatic carbocycles. The molecular weight excluding hydrogens is 484 g/mol. The molecule has 8 heteroatoms. The van der Waals surface area contributed by atoms with Crippen LogP contribution in [0.1, 0.15) is 21.5 Å². The number of carbonyl (C=O) groups excluding carboxylic acids is 1. The van der Waals surface area contributed by atoms with E-state index in [1.165, 1.54) is 23.9 Å². The maximum atomic E-state index is 13.4. The molecule has 5 rings (SSSR count). The molecule has 0 fully saturated rings. The predicted molar refractivity (Wildman–Crippen MR) is 146 cm³/mol. The molecule has 0 saturated carbocycles. The molecule has 0 radical (unpaired) electrons. The smallest absolute Gasteiger partial charge is 0.261 e. The zero-order valence-corrected chi connectivity index (χ0v) is 21.1. The van der Waals surface area contributed by atoms with Crippen molar-refractivity contribution in [2.45, 2.75) is 18.7 Å². The molecule has 5 aromatic rings. The van der Waals surface area contributed by atoms with Crippen molar-refractivity contribution in [3.8, 4) is 11.3 Å². The summed E-state index contributed by atoms with van der Waals surface area (Å²) in [5.74, 6) is -0.312. The summed E-state index contributed by atoms with van der Waals surface area (Å²) in [5, 5.41) is 3.62. The van der Waals surface area contributed by atoms with Gasteiger partial charge in [-0.3, -0.25) is 14.5 Å². The van der Waals surface area contributed by atoms with Gasteiger partial charge in [0.15, 0.2) is 0 Å². The second kappa shape index (κ2) is 9.83. The standard InChI is InChI=1S/C29H24N4O3S/c1-19-9-10-21(16-20(19)2)28-17-26(25-7-3-4-8-27(25)32-28)29(34)31-22-11-13-24(14-12-22)37(35,36)33-23-6-5-15-30-18-23/h3-18,33H,1-2H3,(H,31,34). The van der Waals surface area contributed by atoms with Gasteiger partial charge in [0.1, 0.15) is 0 Å². The number of carbonyl (C=O) groups is 1. The predicted octanol–water partition coefficient (Wildman–Crippen LogP) is 5.97. The van der Waals surface area contributed by atoms with Crippen molar-refractivity contribution in [1.82, 2.24) is 9.97 Å². The Bertz CT molecular complexity index is 1720. The lowest BCUT2D eigenvalue weighted by Crippen LogP contribution is -2.15. The number of fused-ring (bicyclic) bond motifs is 1. The first-order valence-electron chi connectivity index (χ1n) is 11.6. The second-order valence-corrected chi connectivity index (χ2v) is 10.4. The minimum Gasteiger partial charge on any atom is -0.322 e. The number of sulfonamides is 1. The highest BCUT2D eigenvalue weighted by Crippen LogP contribution is 2.27. The molecule has 0 atom stereocenters. The zero-order chi connectivity index (χ0) is 26.0. The first-order chi connectivity index (χ1) is 17.8. The van der Waals surface area contributed by atoms with Gasteiger partial charge in [0.2, 0.25) is 0 Å². The molecule has 37 heavy (non-hydrogen) atoms. The third kappa shape index (κ3) is 5.19. The molecule has 1 amide bonds. The quantitative estimate of drug-likeness (QED) is 0.294. The molecule has 0 spiro atoms. The van der Waals surface area contributed by atoms with E-state index in [1.807, 2.05) is 43.3 Å². The highest BCUT2D eigenvalue weighted by molar-refractivity contribution is 7.92. The van der Waals surface area contributed by atoms with Crippen molar-refractivity contribution >= 4 is 38.2 Å². The van der Waals surface area contributed by atoms with Crippen molar-refractivity contribution in [2.75, 3.05) is 10.0 Å². The maximum Gasteiger partial charge on any atom is 0.261 e. The Morgan fingerprint density at radius 3 is 2.32 bits per heavy atom. The van der Waals surface area contributed by atoms with E-state index in [0.29, 0.717) is 28.1 Å². The summed E-state index contributed by atoms with van der Waals surface area (Å²) in [5.41, 5.74) is 5.99. The Hall–Kier alpha value is -4.56. The largest absolute Gasteiger partial charge is 0.322 e. The van der Waals surface area contributed by atoms with Gasteiger partial charge in [0, 0.05) is 22.8 Å². The minimum absolute atomic E-state index is 0.0701. The van der Waals surface area contributed by atoms with E-state index in [1.54, 1.807) is 36.5 Å². The average Bonchev–Trinajstić information content (AvgIpc) is 2.90.